The molecule has 2 aromatic rings. The van der Waals surface area contributed by atoms with Crippen LogP contribution >= 0.6 is 11.3 Å². The highest BCUT2D eigenvalue weighted by Gasteiger charge is 2.09. The van der Waals surface area contributed by atoms with Gasteiger partial charge in [-0.1, -0.05) is 13.8 Å². The molecule has 0 saturated heterocycles. The van der Waals surface area contributed by atoms with Crippen LogP contribution in [0.5, 0.6) is 5.88 Å². The molecule has 0 spiro atoms. The van der Waals surface area contributed by atoms with Crippen molar-refractivity contribution in [3.05, 3.63) is 28.7 Å². The number of anilines is 2. The van der Waals surface area contributed by atoms with Crippen LogP contribution < -0.4 is 15.8 Å². The third-order valence-electron chi connectivity index (χ3n) is 2.79. The smallest absolute Gasteiger partial charge is 0.239 e. The van der Waals surface area contributed by atoms with Crippen molar-refractivity contribution in [1.29, 1.82) is 0 Å². The topological polar surface area (TPSA) is 73.1 Å². The summed E-state index contributed by atoms with van der Waals surface area (Å²) in [6.45, 7) is 5.58. The third kappa shape index (κ3) is 3.84. The Bertz CT molecular complexity index is 530. The molecule has 0 aliphatic heterocycles. The van der Waals surface area contributed by atoms with Crippen molar-refractivity contribution in [2.45, 2.75) is 26.2 Å². The average molecular weight is 292 g/mol. The number of nitrogens with one attached hydrogen (secondary N) is 1. The number of nitrogen functional groups attached to an aromatic ring is 1. The van der Waals surface area contributed by atoms with Gasteiger partial charge in [0.05, 0.1) is 17.3 Å². The molecule has 108 valence electrons. The van der Waals surface area contributed by atoms with Gasteiger partial charge in [-0.05, 0) is 18.6 Å². The molecule has 0 aliphatic rings. The van der Waals surface area contributed by atoms with Crippen LogP contribution in [-0.4, -0.2) is 23.1 Å². The van der Waals surface area contributed by atoms with Gasteiger partial charge in [-0.3, -0.25) is 0 Å². The van der Waals surface area contributed by atoms with E-state index in [-0.39, 0.29) is 0 Å². The molecular weight excluding hydrogens is 272 g/mol. The first kappa shape index (κ1) is 14.6. The predicted octanol–water partition coefficient (Wildman–Crippen LogP) is 3.12. The van der Waals surface area contributed by atoms with Crippen LogP contribution in [0.15, 0.2) is 23.7 Å². The Hall–Kier alpha value is -1.82. The van der Waals surface area contributed by atoms with Crippen LogP contribution in [0.2, 0.25) is 0 Å². The van der Waals surface area contributed by atoms with Gasteiger partial charge in [-0.15, -0.1) is 11.3 Å². The fraction of sp³-hybridized carbons (Fsp3) is 0.429. The minimum absolute atomic E-state index is 0.342. The Morgan fingerprint density at radius 1 is 1.45 bits per heavy atom. The first-order valence-corrected chi connectivity index (χ1v) is 7.61. The zero-order valence-corrected chi connectivity index (χ0v) is 12.6. The zero-order valence-electron chi connectivity index (χ0n) is 11.8. The molecule has 1 unspecified atom stereocenters. The van der Waals surface area contributed by atoms with E-state index >= 15 is 0 Å². The van der Waals surface area contributed by atoms with E-state index in [0.717, 1.165) is 23.8 Å². The van der Waals surface area contributed by atoms with E-state index in [9.17, 15) is 0 Å². The lowest BCUT2D eigenvalue weighted by molar-refractivity contribution is 0.307. The maximum Gasteiger partial charge on any atom is 0.239 e. The number of nitrogens with zero attached hydrogens (tertiary/aromatic N) is 2. The van der Waals surface area contributed by atoms with Crippen LogP contribution in [-0.2, 0) is 0 Å². The number of rotatable bonds is 7. The summed E-state index contributed by atoms with van der Waals surface area (Å²) < 4.78 is 5.52. The van der Waals surface area contributed by atoms with Crippen LogP contribution in [0.1, 0.15) is 31.2 Å². The molecule has 0 fully saturated rings. The van der Waals surface area contributed by atoms with Gasteiger partial charge in [-0.2, -0.15) is 4.98 Å². The van der Waals surface area contributed by atoms with Crippen molar-refractivity contribution in [2.75, 3.05) is 24.2 Å². The summed E-state index contributed by atoms with van der Waals surface area (Å²) in [6.07, 6.45) is 2.76. The summed E-state index contributed by atoms with van der Waals surface area (Å²) in [5.74, 6) is 1.61. The second kappa shape index (κ2) is 7.09. The minimum atomic E-state index is 0.342. The molecular formula is C14H20N4OS. The molecule has 2 rings (SSSR count). The molecule has 0 amide bonds. The normalized spacial score (nSPS) is 12.1. The third-order valence-corrected chi connectivity index (χ3v) is 3.80. The second-order valence-corrected chi connectivity index (χ2v) is 5.52. The first-order chi connectivity index (χ1) is 9.70. The second-order valence-electron chi connectivity index (χ2n) is 4.59. The van der Waals surface area contributed by atoms with E-state index in [2.05, 4.69) is 22.2 Å². The summed E-state index contributed by atoms with van der Waals surface area (Å²) in [5, 5.41) is 6.41. The Labute approximate surface area is 123 Å². The summed E-state index contributed by atoms with van der Waals surface area (Å²) >= 11 is 1.67. The Kier molecular flexibility index (Phi) is 5.17. The van der Waals surface area contributed by atoms with Crippen molar-refractivity contribution in [1.82, 2.24) is 9.97 Å². The van der Waals surface area contributed by atoms with Crippen molar-refractivity contribution in [3.63, 3.8) is 0 Å². The summed E-state index contributed by atoms with van der Waals surface area (Å²) in [5.41, 5.74) is 6.41. The van der Waals surface area contributed by atoms with Gasteiger partial charge < -0.3 is 15.8 Å². The molecule has 20 heavy (non-hydrogen) atoms. The highest BCUT2D eigenvalue weighted by atomic mass is 32.1. The molecule has 3 N–H and O–H groups in total. The van der Waals surface area contributed by atoms with Gasteiger partial charge in [0.2, 0.25) is 5.88 Å². The highest BCUT2D eigenvalue weighted by Crippen LogP contribution is 2.22. The fourth-order valence-electron chi connectivity index (χ4n) is 1.69. The Morgan fingerprint density at radius 3 is 3.00 bits per heavy atom. The SMILES string of the molecule is CCCOc1nc(NCC(C)c2nccs2)ccc1N. The number of aromatic nitrogens is 2. The summed E-state index contributed by atoms with van der Waals surface area (Å²) in [7, 11) is 0. The van der Waals surface area contributed by atoms with Gasteiger partial charge in [-0.25, -0.2) is 4.98 Å². The molecule has 0 aliphatic carbocycles. The van der Waals surface area contributed by atoms with Crippen LogP contribution in [0.25, 0.3) is 0 Å². The maximum absolute atomic E-state index is 5.84. The average Bonchev–Trinajstić information content (AvgIpc) is 2.99. The highest BCUT2D eigenvalue weighted by molar-refractivity contribution is 7.09. The molecule has 2 aromatic heterocycles. The van der Waals surface area contributed by atoms with E-state index in [1.807, 2.05) is 30.6 Å². The maximum atomic E-state index is 5.84. The molecule has 2 heterocycles. The van der Waals surface area contributed by atoms with E-state index in [1.54, 1.807) is 11.3 Å². The standard InChI is InChI=1S/C14H20N4OS/c1-3-7-19-13-11(15)4-5-12(18-13)17-9-10(2)14-16-6-8-20-14/h4-6,8,10H,3,7,9,15H2,1-2H3,(H,17,18). The van der Waals surface area contributed by atoms with Crippen molar-refractivity contribution >= 4 is 22.8 Å². The number of thiazole rings is 1. The van der Waals surface area contributed by atoms with Crippen molar-refractivity contribution in [3.8, 4) is 5.88 Å². The van der Waals surface area contributed by atoms with E-state index in [1.165, 1.54) is 0 Å². The molecule has 0 radical (unpaired) electrons. The van der Waals surface area contributed by atoms with E-state index in [0.29, 0.717) is 24.1 Å². The van der Waals surface area contributed by atoms with Gasteiger partial charge in [0.1, 0.15) is 5.82 Å². The molecule has 0 saturated carbocycles. The first-order valence-electron chi connectivity index (χ1n) is 6.73. The van der Waals surface area contributed by atoms with Crippen molar-refractivity contribution in [2.24, 2.45) is 0 Å². The van der Waals surface area contributed by atoms with Gasteiger partial charge in [0.15, 0.2) is 0 Å². The predicted molar refractivity (Wildman–Crippen MR) is 83.5 cm³/mol. The molecule has 1 atom stereocenters. The molecule has 5 nitrogen and oxygen atoms in total. The van der Waals surface area contributed by atoms with Crippen LogP contribution in [0.3, 0.4) is 0 Å². The monoisotopic (exact) mass is 292 g/mol. The molecule has 6 heteroatoms. The van der Waals surface area contributed by atoms with Crippen LogP contribution in [0.4, 0.5) is 11.5 Å². The van der Waals surface area contributed by atoms with E-state index in [4.69, 9.17) is 10.5 Å². The lowest BCUT2D eigenvalue weighted by Crippen LogP contribution is -2.11. The number of hydrogen-bond donors (Lipinski definition) is 2. The quantitative estimate of drug-likeness (QED) is 0.820. The zero-order chi connectivity index (χ0) is 14.4. The van der Waals surface area contributed by atoms with Gasteiger partial charge in [0.25, 0.3) is 0 Å². The van der Waals surface area contributed by atoms with Gasteiger partial charge in [0, 0.05) is 24.0 Å². The Morgan fingerprint density at radius 2 is 2.30 bits per heavy atom. The van der Waals surface area contributed by atoms with Gasteiger partial charge >= 0.3 is 0 Å². The number of pyridine rings is 1. The molecule has 0 bridgehead atoms. The lowest BCUT2D eigenvalue weighted by atomic mass is 10.2. The van der Waals surface area contributed by atoms with E-state index < -0.39 is 0 Å². The lowest BCUT2D eigenvalue weighted by Gasteiger charge is -2.12. The fourth-order valence-corrected chi connectivity index (χ4v) is 2.39. The largest absolute Gasteiger partial charge is 0.476 e. The number of nitrogens with two attached hydrogens (primary N) is 1. The molecule has 0 aromatic carbocycles. The van der Waals surface area contributed by atoms with Crippen LogP contribution in [0, 0.1) is 0 Å². The van der Waals surface area contributed by atoms with Crippen molar-refractivity contribution < 1.29 is 4.74 Å². The summed E-state index contributed by atoms with van der Waals surface area (Å²) in [4.78, 5) is 8.70. The number of hydrogen-bond acceptors (Lipinski definition) is 6. The minimum Gasteiger partial charge on any atom is -0.476 e. The Balaban J connectivity index is 1.95. The number of ether oxygens (including phenoxy) is 1. The summed E-state index contributed by atoms with van der Waals surface area (Å²) in [6, 6.07) is 3.68.